The lowest BCUT2D eigenvalue weighted by Gasteiger charge is -2.31. The lowest BCUT2D eigenvalue weighted by molar-refractivity contribution is -0.126. The standard InChI is InChI=1S/C25H31N3O4S/c1-26-25(30)32-22-23(18-10-12-19(31-2)13-11-18)33-21-9-5-4-8-20(21)28(24(22)29)17-16-27-14-6-3-7-15-27/h4-5,8-13,22-23H,3,6-7,14-17H2,1-2H3,(H,26,30)/t22-,23+/m0/s1. The fourth-order valence-electron chi connectivity index (χ4n) is 4.36. The molecule has 0 bridgehead atoms. The summed E-state index contributed by atoms with van der Waals surface area (Å²) in [7, 11) is 3.12. The van der Waals surface area contributed by atoms with E-state index in [1.165, 1.54) is 26.3 Å². The Morgan fingerprint density at radius 2 is 1.79 bits per heavy atom. The Morgan fingerprint density at radius 1 is 1.06 bits per heavy atom. The number of piperidine rings is 1. The summed E-state index contributed by atoms with van der Waals surface area (Å²) in [6.45, 7) is 3.47. The molecule has 7 nitrogen and oxygen atoms in total. The Labute approximate surface area is 199 Å². The van der Waals surface area contributed by atoms with Crippen molar-refractivity contribution in [3.63, 3.8) is 0 Å². The van der Waals surface area contributed by atoms with Crippen LogP contribution in [0.3, 0.4) is 0 Å². The number of benzene rings is 2. The molecule has 0 aliphatic carbocycles. The van der Waals surface area contributed by atoms with Crippen molar-refractivity contribution in [3.8, 4) is 5.75 Å². The molecule has 2 aromatic rings. The highest BCUT2D eigenvalue weighted by Crippen LogP contribution is 2.46. The van der Waals surface area contributed by atoms with Crippen molar-refractivity contribution in [2.24, 2.45) is 0 Å². The first-order valence-corrected chi connectivity index (χ1v) is 12.3. The number of para-hydroxylation sites is 1. The van der Waals surface area contributed by atoms with E-state index >= 15 is 0 Å². The number of fused-ring (bicyclic) bond motifs is 1. The predicted octanol–water partition coefficient (Wildman–Crippen LogP) is 4.09. The van der Waals surface area contributed by atoms with E-state index in [2.05, 4.69) is 10.2 Å². The van der Waals surface area contributed by atoms with Crippen molar-refractivity contribution in [1.29, 1.82) is 0 Å². The number of nitrogens with zero attached hydrogens (tertiary/aromatic N) is 2. The number of carbonyl (C=O) groups excluding carboxylic acids is 2. The molecule has 33 heavy (non-hydrogen) atoms. The molecule has 8 heteroatoms. The Hall–Kier alpha value is -2.71. The zero-order chi connectivity index (χ0) is 23.2. The van der Waals surface area contributed by atoms with Crippen LogP contribution in [-0.4, -0.2) is 63.3 Å². The Balaban J connectivity index is 1.68. The Morgan fingerprint density at radius 3 is 2.48 bits per heavy atom. The average Bonchev–Trinajstić information content (AvgIpc) is 2.98. The first-order chi connectivity index (χ1) is 16.1. The second kappa shape index (κ2) is 10.9. The van der Waals surface area contributed by atoms with Crippen molar-refractivity contribution in [2.45, 2.75) is 35.5 Å². The maximum Gasteiger partial charge on any atom is 0.407 e. The SMILES string of the molecule is CNC(=O)O[C@@H]1C(=O)N(CCN2CCCCC2)c2ccccc2S[C@@H]1c1ccc(OC)cc1. The van der Waals surface area contributed by atoms with Gasteiger partial charge in [-0.25, -0.2) is 4.79 Å². The molecule has 1 N–H and O–H groups in total. The molecule has 2 amide bonds. The zero-order valence-electron chi connectivity index (χ0n) is 19.2. The van der Waals surface area contributed by atoms with Gasteiger partial charge in [0.25, 0.3) is 5.91 Å². The maximum absolute atomic E-state index is 13.9. The fourth-order valence-corrected chi connectivity index (χ4v) is 5.68. The van der Waals surface area contributed by atoms with Crippen molar-refractivity contribution < 1.29 is 19.1 Å². The smallest absolute Gasteiger partial charge is 0.407 e. The molecule has 176 valence electrons. The first-order valence-electron chi connectivity index (χ1n) is 11.4. The lowest BCUT2D eigenvalue weighted by Crippen LogP contribution is -2.47. The van der Waals surface area contributed by atoms with Gasteiger partial charge in [-0.2, -0.15) is 0 Å². The van der Waals surface area contributed by atoms with Gasteiger partial charge in [0.1, 0.15) is 5.75 Å². The number of anilines is 1. The number of carbonyl (C=O) groups is 2. The second-order valence-electron chi connectivity index (χ2n) is 8.25. The summed E-state index contributed by atoms with van der Waals surface area (Å²) in [4.78, 5) is 31.4. The van der Waals surface area contributed by atoms with Crippen LogP contribution in [0.2, 0.25) is 0 Å². The quantitative estimate of drug-likeness (QED) is 0.687. The molecule has 0 radical (unpaired) electrons. The highest BCUT2D eigenvalue weighted by molar-refractivity contribution is 7.99. The van der Waals surface area contributed by atoms with Gasteiger partial charge in [-0.05, 0) is 55.8 Å². The van der Waals surface area contributed by atoms with Crippen LogP contribution in [0, 0.1) is 0 Å². The summed E-state index contributed by atoms with van der Waals surface area (Å²) in [5.74, 6) is 0.532. The minimum absolute atomic E-state index is 0.200. The second-order valence-corrected chi connectivity index (χ2v) is 9.43. The monoisotopic (exact) mass is 469 g/mol. The third kappa shape index (κ3) is 5.45. The van der Waals surface area contributed by atoms with Crippen molar-refractivity contribution in [2.75, 3.05) is 45.2 Å². The van der Waals surface area contributed by atoms with Crippen LogP contribution < -0.4 is 15.0 Å². The van der Waals surface area contributed by atoms with Crippen LogP contribution in [0.15, 0.2) is 53.4 Å². The molecule has 2 aromatic carbocycles. The van der Waals surface area contributed by atoms with Gasteiger partial charge in [0.2, 0.25) is 0 Å². The van der Waals surface area contributed by atoms with Crippen LogP contribution in [0.1, 0.15) is 30.1 Å². The molecular formula is C25H31N3O4S. The number of alkyl carbamates (subject to hydrolysis) is 1. The van der Waals surface area contributed by atoms with E-state index in [9.17, 15) is 9.59 Å². The van der Waals surface area contributed by atoms with E-state index in [4.69, 9.17) is 9.47 Å². The Bertz CT molecular complexity index is 962. The largest absolute Gasteiger partial charge is 0.497 e. The summed E-state index contributed by atoms with van der Waals surface area (Å²) < 4.78 is 11.0. The van der Waals surface area contributed by atoms with Gasteiger partial charge in [0, 0.05) is 25.0 Å². The summed E-state index contributed by atoms with van der Waals surface area (Å²) in [5.41, 5.74) is 1.77. The van der Waals surface area contributed by atoms with Crippen molar-refractivity contribution >= 4 is 29.4 Å². The predicted molar refractivity (Wildman–Crippen MR) is 130 cm³/mol. The number of hydrogen-bond acceptors (Lipinski definition) is 6. The summed E-state index contributed by atoms with van der Waals surface area (Å²) >= 11 is 1.55. The molecule has 0 unspecified atom stereocenters. The summed E-state index contributed by atoms with van der Waals surface area (Å²) in [6.07, 6.45) is 2.08. The minimum Gasteiger partial charge on any atom is -0.497 e. The van der Waals surface area contributed by atoms with Gasteiger partial charge in [-0.1, -0.05) is 30.7 Å². The highest BCUT2D eigenvalue weighted by atomic mass is 32.2. The number of likely N-dealkylation sites (tertiary alicyclic amines) is 1. The third-order valence-electron chi connectivity index (χ3n) is 6.17. The number of ether oxygens (including phenoxy) is 2. The van der Waals surface area contributed by atoms with E-state index in [1.807, 2.05) is 48.5 Å². The van der Waals surface area contributed by atoms with Crippen LogP contribution in [0.4, 0.5) is 10.5 Å². The molecule has 2 atom stereocenters. The normalized spacial score (nSPS) is 21.2. The maximum atomic E-state index is 13.9. The first kappa shape index (κ1) is 23.4. The van der Waals surface area contributed by atoms with Crippen LogP contribution in [0.5, 0.6) is 5.75 Å². The van der Waals surface area contributed by atoms with Gasteiger partial charge in [-0.15, -0.1) is 11.8 Å². The number of rotatable bonds is 6. The molecule has 2 heterocycles. The van der Waals surface area contributed by atoms with Crippen molar-refractivity contribution in [3.05, 3.63) is 54.1 Å². The van der Waals surface area contributed by atoms with Gasteiger partial charge in [0.05, 0.1) is 18.0 Å². The Kier molecular flexibility index (Phi) is 7.77. The molecule has 1 saturated heterocycles. The molecule has 2 aliphatic rings. The van der Waals surface area contributed by atoms with Gasteiger partial charge < -0.3 is 24.6 Å². The number of amides is 2. The van der Waals surface area contributed by atoms with Crippen LogP contribution >= 0.6 is 11.8 Å². The van der Waals surface area contributed by atoms with Gasteiger partial charge in [-0.3, -0.25) is 4.79 Å². The lowest BCUT2D eigenvalue weighted by atomic mass is 10.1. The number of hydrogen-bond donors (Lipinski definition) is 1. The zero-order valence-corrected chi connectivity index (χ0v) is 20.0. The molecule has 0 aromatic heterocycles. The van der Waals surface area contributed by atoms with E-state index in [-0.39, 0.29) is 11.2 Å². The minimum atomic E-state index is -0.961. The van der Waals surface area contributed by atoms with E-state index in [0.29, 0.717) is 6.54 Å². The van der Waals surface area contributed by atoms with Crippen LogP contribution in [-0.2, 0) is 9.53 Å². The molecule has 2 aliphatic heterocycles. The van der Waals surface area contributed by atoms with E-state index < -0.39 is 12.2 Å². The van der Waals surface area contributed by atoms with E-state index in [0.717, 1.165) is 41.5 Å². The topological polar surface area (TPSA) is 71.1 Å². The molecule has 0 spiro atoms. The van der Waals surface area contributed by atoms with Gasteiger partial charge >= 0.3 is 6.09 Å². The molecule has 0 saturated carbocycles. The molecular weight excluding hydrogens is 438 g/mol. The van der Waals surface area contributed by atoms with Crippen LogP contribution in [0.25, 0.3) is 0 Å². The third-order valence-corrected chi connectivity index (χ3v) is 7.54. The summed E-state index contributed by atoms with van der Waals surface area (Å²) in [5, 5.41) is 2.11. The molecule has 1 fully saturated rings. The van der Waals surface area contributed by atoms with Gasteiger partial charge in [0.15, 0.2) is 6.10 Å². The number of methoxy groups -OCH3 is 1. The molecule has 4 rings (SSSR count). The number of thioether (sulfide) groups is 1. The fraction of sp³-hybridized carbons (Fsp3) is 0.440. The van der Waals surface area contributed by atoms with E-state index in [1.54, 1.807) is 23.8 Å². The highest BCUT2D eigenvalue weighted by Gasteiger charge is 2.41. The van der Waals surface area contributed by atoms with Crippen molar-refractivity contribution in [1.82, 2.24) is 10.2 Å². The number of nitrogens with one attached hydrogen (secondary N) is 1. The summed E-state index contributed by atoms with van der Waals surface area (Å²) in [6, 6.07) is 15.5. The average molecular weight is 470 g/mol.